The minimum Gasteiger partial charge on any atom is -0.372 e. The van der Waals surface area contributed by atoms with Gasteiger partial charge in [0.25, 0.3) is 0 Å². The molecule has 3 N–H and O–H groups in total. The molecule has 0 fully saturated rings. The summed E-state index contributed by atoms with van der Waals surface area (Å²) in [6.07, 6.45) is -4.09. The van der Waals surface area contributed by atoms with Gasteiger partial charge in [0.15, 0.2) is 0 Å². The summed E-state index contributed by atoms with van der Waals surface area (Å²) in [7, 11) is 0. The van der Waals surface area contributed by atoms with Gasteiger partial charge in [0.05, 0.1) is 0 Å². The minimum atomic E-state index is -4.33. The molecule has 19 heavy (non-hydrogen) atoms. The van der Waals surface area contributed by atoms with Gasteiger partial charge in [-0.05, 0) is 30.2 Å². The lowest BCUT2D eigenvalue weighted by Gasteiger charge is -2.18. The summed E-state index contributed by atoms with van der Waals surface area (Å²) in [5, 5.41) is 0.902. The van der Waals surface area contributed by atoms with Gasteiger partial charge in [0, 0.05) is 22.7 Å². The van der Waals surface area contributed by atoms with Crippen LogP contribution in [0.3, 0.4) is 0 Å². The Kier molecular flexibility index (Phi) is 6.35. The maximum Gasteiger partial charge on any atom is 0.411 e. The SMILES string of the molecule is NNC(CCOCC(F)(F)F)c1cc(Cl)ccc1Cl. The zero-order chi connectivity index (χ0) is 14.5. The average Bonchev–Trinajstić information content (AvgIpc) is 2.32. The van der Waals surface area contributed by atoms with E-state index in [1.165, 1.54) is 0 Å². The summed E-state index contributed by atoms with van der Waals surface area (Å²) >= 11 is 11.8. The number of halogens is 5. The van der Waals surface area contributed by atoms with E-state index in [4.69, 9.17) is 29.0 Å². The highest BCUT2D eigenvalue weighted by molar-refractivity contribution is 6.33. The van der Waals surface area contributed by atoms with Gasteiger partial charge >= 0.3 is 6.18 Å². The smallest absolute Gasteiger partial charge is 0.372 e. The lowest BCUT2D eigenvalue weighted by molar-refractivity contribution is -0.174. The van der Waals surface area contributed by atoms with Gasteiger partial charge in [-0.1, -0.05) is 23.2 Å². The Labute approximate surface area is 118 Å². The summed E-state index contributed by atoms with van der Waals surface area (Å²) in [5.41, 5.74) is 3.10. The van der Waals surface area contributed by atoms with Crippen molar-refractivity contribution in [2.45, 2.75) is 18.6 Å². The normalized spacial score (nSPS) is 13.6. The first-order valence-electron chi connectivity index (χ1n) is 5.39. The number of alkyl halides is 3. The van der Waals surface area contributed by atoms with E-state index in [2.05, 4.69) is 10.2 Å². The first-order valence-corrected chi connectivity index (χ1v) is 6.14. The predicted octanol–water partition coefficient (Wildman–Crippen LogP) is 3.47. The van der Waals surface area contributed by atoms with Crippen LogP contribution < -0.4 is 11.3 Å². The van der Waals surface area contributed by atoms with Crippen molar-refractivity contribution >= 4 is 23.2 Å². The van der Waals surface area contributed by atoms with Crippen LogP contribution in [0.1, 0.15) is 18.0 Å². The van der Waals surface area contributed by atoms with Crippen LogP contribution in [-0.4, -0.2) is 19.4 Å². The number of nitrogens with one attached hydrogen (secondary N) is 1. The molecule has 1 unspecified atom stereocenters. The number of hydrogen-bond acceptors (Lipinski definition) is 3. The number of rotatable bonds is 6. The summed E-state index contributed by atoms with van der Waals surface area (Å²) in [4.78, 5) is 0. The quantitative estimate of drug-likeness (QED) is 0.480. The fourth-order valence-corrected chi connectivity index (χ4v) is 1.93. The van der Waals surface area contributed by atoms with Crippen molar-refractivity contribution in [1.82, 2.24) is 5.43 Å². The molecule has 108 valence electrons. The van der Waals surface area contributed by atoms with Crippen molar-refractivity contribution in [3.05, 3.63) is 33.8 Å². The predicted molar refractivity (Wildman–Crippen MR) is 68.0 cm³/mol. The number of hydrazine groups is 1. The molecular formula is C11H13Cl2F3N2O. The molecular weight excluding hydrogens is 304 g/mol. The molecule has 0 aliphatic heterocycles. The maximum atomic E-state index is 11.9. The summed E-state index contributed by atoms with van der Waals surface area (Å²) in [6.45, 7) is -1.38. The van der Waals surface area contributed by atoms with Crippen LogP contribution >= 0.6 is 23.2 Å². The maximum absolute atomic E-state index is 11.9. The van der Waals surface area contributed by atoms with Crippen LogP contribution in [0, 0.1) is 0 Å². The Morgan fingerprint density at radius 2 is 2.00 bits per heavy atom. The van der Waals surface area contributed by atoms with Gasteiger partial charge in [-0.25, -0.2) is 0 Å². The van der Waals surface area contributed by atoms with E-state index in [0.29, 0.717) is 15.6 Å². The highest BCUT2D eigenvalue weighted by Gasteiger charge is 2.27. The minimum absolute atomic E-state index is 0.1000. The van der Waals surface area contributed by atoms with Crippen LogP contribution in [0.15, 0.2) is 18.2 Å². The van der Waals surface area contributed by atoms with Crippen LogP contribution in [0.25, 0.3) is 0 Å². The van der Waals surface area contributed by atoms with E-state index in [0.717, 1.165) is 0 Å². The second kappa shape index (κ2) is 7.31. The van der Waals surface area contributed by atoms with Crippen molar-refractivity contribution in [2.24, 2.45) is 5.84 Å². The molecule has 8 heteroatoms. The third-order valence-electron chi connectivity index (χ3n) is 2.35. The molecule has 1 atom stereocenters. The van der Waals surface area contributed by atoms with E-state index in [9.17, 15) is 13.2 Å². The molecule has 0 bridgehead atoms. The number of hydrogen-bond donors (Lipinski definition) is 2. The van der Waals surface area contributed by atoms with Crippen molar-refractivity contribution in [2.75, 3.05) is 13.2 Å². The molecule has 0 amide bonds. The Hall–Kier alpha value is -0.530. The van der Waals surface area contributed by atoms with Gasteiger partial charge in [0.2, 0.25) is 0 Å². The van der Waals surface area contributed by atoms with E-state index in [1.807, 2.05) is 0 Å². The van der Waals surface area contributed by atoms with Crippen LogP contribution in [-0.2, 0) is 4.74 Å². The number of ether oxygens (including phenoxy) is 1. The van der Waals surface area contributed by atoms with Gasteiger partial charge in [-0.3, -0.25) is 11.3 Å². The Balaban J connectivity index is 2.56. The van der Waals surface area contributed by atoms with Gasteiger partial charge in [0.1, 0.15) is 6.61 Å². The molecule has 1 aromatic carbocycles. The van der Waals surface area contributed by atoms with Gasteiger partial charge in [-0.15, -0.1) is 0 Å². The largest absolute Gasteiger partial charge is 0.411 e. The summed E-state index contributed by atoms with van der Waals surface area (Å²) in [6, 6.07) is 4.39. The van der Waals surface area contributed by atoms with Crippen molar-refractivity contribution in [3.63, 3.8) is 0 Å². The lowest BCUT2D eigenvalue weighted by atomic mass is 10.0. The van der Waals surface area contributed by atoms with Crippen molar-refractivity contribution < 1.29 is 17.9 Å². The van der Waals surface area contributed by atoms with Crippen LogP contribution in [0.4, 0.5) is 13.2 Å². The van der Waals surface area contributed by atoms with Crippen molar-refractivity contribution in [3.8, 4) is 0 Å². The third-order valence-corrected chi connectivity index (χ3v) is 2.93. The third kappa shape index (κ3) is 5.97. The second-order valence-corrected chi connectivity index (χ2v) is 4.69. The van der Waals surface area contributed by atoms with E-state index in [1.54, 1.807) is 18.2 Å². The number of nitrogens with two attached hydrogens (primary N) is 1. The summed E-state index contributed by atoms with van der Waals surface area (Å²) < 4.78 is 40.2. The van der Waals surface area contributed by atoms with Gasteiger partial charge < -0.3 is 4.74 Å². The molecule has 0 aliphatic carbocycles. The Morgan fingerprint density at radius 1 is 1.32 bits per heavy atom. The monoisotopic (exact) mass is 316 g/mol. The second-order valence-electron chi connectivity index (χ2n) is 3.84. The lowest BCUT2D eigenvalue weighted by Crippen LogP contribution is -2.29. The highest BCUT2D eigenvalue weighted by atomic mass is 35.5. The molecule has 1 aromatic rings. The molecule has 0 spiro atoms. The summed E-state index contributed by atoms with van der Waals surface area (Å²) in [5.74, 6) is 5.36. The molecule has 0 saturated heterocycles. The molecule has 0 aliphatic rings. The zero-order valence-electron chi connectivity index (χ0n) is 9.81. The molecule has 0 saturated carbocycles. The van der Waals surface area contributed by atoms with Gasteiger partial charge in [-0.2, -0.15) is 13.2 Å². The molecule has 3 nitrogen and oxygen atoms in total. The first kappa shape index (κ1) is 16.5. The Bertz CT molecular complexity index is 415. The standard InChI is InChI=1S/C11H13Cl2F3N2O/c12-7-1-2-9(13)8(5-7)10(18-17)3-4-19-6-11(14,15)16/h1-2,5,10,18H,3-4,6,17H2. The number of benzene rings is 1. The topological polar surface area (TPSA) is 47.3 Å². The first-order chi connectivity index (χ1) is 8.83. The molecule has 1 rings (SSSR count). The van der Waals surface area contributed by atoms with Crippen molar-refractivity contribution in [1.29, 1.82) is 0 Å². The molecule has 0 aromatic heterocycles. The highest BCUT2D eigenvalue weighted by Crippen LogP contribution is 2.28. The fraction of sp³-hybridized carbons (Fsp3) is 0.455. The van der Waals surface area contributed by atoms with Crippen LogP contribution in [0.2, 0.25) is 10.0 Å². The molecule has 0 heterocycles. The van der Waals surface area contributed by atoms with E-state index in [-0.39, 0.29) is 13.0 Å². The fourth-order valence-electron chi connectivity index (χ4n) is 1.50. The molecule has 0 radical (unpaired) electrons. The average molecular weight is 317 g/mol. The van der Waals surface area contributed by atoms with Crippen LogP contribution in [0.5, 0.6) is 0 Å². The van der Waals surface area contributed by atoms with E-state index >= 15 is 0 Å². The van der Waals surface area contributed by atoms with E-state index < -0.39 is 18.8 Å². The Morgan fingerprint density at radius 3 is 2.58 bits per heavy atom. The zero-order valence-corrected chi connectivity index (χ0v) is 11.3.